The molecule has 1 amide bonds. The maximum Gasteiger partial charge on any atom is 0.242 e. The van der Waals surface area contributed by atoms with Crippen LogP contribution in [0.15, 0.2) is 42.5 Å². The summed E-state index contributed by atoms with van der Waals surface area (Å²) in [7, 11) is 1.70. The van der Waals surface area contributed by atoms with Gasteiger partial charge in [-0.25, -0.2) is 8.78 Å². The SMILES string of the molecule is Cc1cc(F)ccc1NCC(=O)N(C)C(C)c1ccc(F)cc1. The molecular weight excluding hydrogens is 298 g/mol. The van der Waals surface area contributed by atoms with Crippen LogP contribution < -0.4 is 5.32 Å². The fourth-order valence-corrected chi connectivity index (χ4v) is 2.30. The minimum absolute atomic E-state index is 0.106. The quantitative estimate of drug-likeness (QED) is 0.906. The number of halogens is 2. The van der Waals surface area contributed by atoms with Crippen LogP contribution in [0.4, 0.5) is 14.5 Å². The van der Waals surface area contributed by atoms with Crippen LogP contribution >= 0.6 is 0 Å². The molecule has 2 aromatic carbocycles. The maximum absolute atomic E-state index is 13.1. The predicted molar refractivity (Wildman–Crippen MR) is 87.2 cm³/mol. The molecule has 0 radical (unpaired) electrons. The van der Waals surface area contributed by atoms with Crippen molar-refractivity contribution in [3.63, 3.8) is 0 Å². The minimum atomic E-state index is -0.304. The Kier molecular flexibility index (Phi) is 5.32. The molecule has 0 bridgehead atoms. The number of benzene rings is 2. The van der Waals surface area contributed by atoms with Crippen LogP contribution in [-0.2, 0) is 4.79 Å². The molecule has 5 heteroatoms. The van der Waals surface area contributed by atoms with Crippen molar-refractivity contribution in [2.75, 3.05) is 18.9 Å². The Morgan fingerprint density at radius 3 is 2.35 bits per heavy atom. The summed E-state index contributed by atoms with van der Waals surface area (Å²) in [4.78, 5) is 13.9. The first kappa shape index (κ1) is 16.9. The molecule has 0 aliphatic heterocycles. The highest BCUT2D eigenvalue weighted by molar-refractivity contribution is 5.81. The molecule has 1 unspecified atom stereocenters. The van der Waals surface area contributed by atoms with Crippen LogP contribution in [0.5, 0.6) is 0 Å². The van der Waals surface area contributed by atoms with Gasteiger partial charge in [0.1, 0.15) is 11.6 Å². The van der Waals surface area contributed by atoms with Crippen LogP contribution in [-0.4, -0.2) is 24.4 Å². The molecule has 2 aromatic rings. The smallest absolute Gasteiger partial charge is 0.242 e. The number of carbonyl (C=O) groups excluding carboxylic acids is 1. The van der Waals surface area contributed by atoms with Gasteiger partial charge in [0.25, 0.3) is 0 Å². The largest absolute Gasteiger partial charge is 0.376 e. The number of anilines is 1. The van der Waals surface area contributed by atoms with E-state index >= 15 is 0 Å². The van der Waals surface area contributed by atoms with E-state index in [4.69, 9.17) is 0 Å². The standard InChI is InChI=1S/C18H20F2N2O/c1-12-10-16(20)8-9-17(12)21-11-18(23)22(3)13(2)14-4-6-15(19)7-5-14/h4-10,13,21H,11H2,1-3H3. The fraction of sp³-hybridized carbons (Fsp3) is 0.278. The molecule has 2 rings (SSSR count). The highest BCUT2D eigenvalue weighted by atomic mass is 19.1. The third-order valence-electron chi connectivity index (χ3n) is 3.95. The molecule has 0 fully saturated rings. The highest BCUT2D eigenvalue weighted by Crippen LogP contribution is 2.20. The lowest BCUT2D eigenvalue weighted by Gasteiger charge is -2.26. The third kappa shape index (κ3) is 4.28. The lowest BCUT2D eigenvalue weighted by Crippen LogP contribution is -2.34. The molecule has 23 heavy (non-hydrogen) atoms. The third-order valence-corrected chi connectivity index (χ3v) is 3.95. The lowest BCUT2D eigenvalue weighted by molar-refractivity contribution is -0.129. The Morgan fingerprint density at radius 2 is 1.74 bits per heavy atom. The van der Waals surface area contributed by atoms with E-state index in [1.807, 2.05) is 6.92 Å². The average molecular weight is 318 g/mol. The van der Waals surface area contributed by atoms with Gasteiger partial charge in [0, 0.05) is 12.7 Å². The van der Waals surface area contributed by atoms with Crippen LogP contribution in [0.3, 0.4) is 0 Å². The molecule has 1 atom stereocenters. The molecular formula is C18H20F2N2O. The second-order valence-corrected chi connectivity index (χ2v) is 5.54. The first-order chi connectivity index (χ1) is 10.9. The summed E-state index contributed by atoms with van der Waals surface area (Å²) >= 11 is 0. The molecule has 0 aliphatic carbocycles. The van der Waals surface area contributed by atoms with Gasteiger partial charge in [0.2, 0.25) is 5.91 Å². The van der Waals surface area contributed by atoms with Gasteiger partial charge in [-0.15, -0.1) is 0 Å². The Labute approximate surface area is 134 Å². The molecule has 0 aromatic heterocycles. The Balaban J connectivity index is 1.98. The molecule has 122 valence electrons. The summed E-state index contributed by atoms with van der Waals surface area (Å²) in [6, 6.07) is 10.3. The number of hydrogen-bond donors (Lipinski definition) is 1. The Bertz CT molecular complexity index is 686. The van der Waals surface area contributed by atoms with Gasteiger partial charge in [-0.3, -0.25) is 4.79 Å². The Hall–Kier alpha value is -2.43. The van der Waals surface area contributed by atoms with E-state index in [2.05, 4.69) is 5.32 Å². The van der Waals surface area contributed by atoms with E-state index < -0.39 is 0 Å². The van der Waals surface area contributed by atoms with E-state index in [1.54, 1.807) is 37.1 Å². The van der Waals surface area contributed by atoms with E-state index in [1.165, 1.54) is 24.3 Å². The summed E-state index contributed by atoms with van der Waals surface area (Å²) in [6.07, 6.45) is 0. The van der Waals surface area contributed by atoms with Gasteiger partial charge in [-0.1, -0.05) is 12.1 Å². The Morgan fingerprint density at radius 1 is 1.13 bits per heavy atom. The van der Waals surface area contributed by atoms with E-state index in [0.717, 1.165) is 16.8 Å². The average Bonchev–Trinajstić information content (AvgIpc) is 2.53. The number of nitrogens with zero attached hydrogens (tertiary/aromatic N) is 1. The van der Waals surface area contributed by atoms with E-state index in [-0.39, 0.29) is 30.1 Å². The number of amides is 1. The van der Waals surface area contributed by atoms with Crippen LogP contribution in [0.1, 0.15) is 24.1 Å². The topological polar surface area (TPSA) is 32.3 Å². The van der Waals surface area contributed by atoms with Gasteiger partial charge >= 0.3 is 0 Å². The second-order valence-electron chi connectivity index (χ2n) is 5.54. The molecule has 1 N–H and O–H groups in total. The monoisotopic (exact) mass is 318 g/mol. The predicted octanol–water partition coefficient (Wildman–Crippen LogP) is 3.90. The molecule has 3 nitrogen and oxygen atoms in total. The molecule has 0 saturated carbocycles. The zero-order valence-corrected chi connectivity index (χ0v) is 13.4. The molecule has 0 saturated heterocycles. The van der Waals surface area contributed by atoms with Crippen LogP contribution in [0.2, 0.25) is 0 Å². The lowest BCUT2D eigenvalue weighted by atomic mass is 10.1. The number of nitrogens with one attached hydrogen (secondary N) is 1. The number of aryl methyl sites for hydroxylation is 1. The molecule has 0 spiro atoms. The zero-order chi connectivity index (χ0) is 17.0. The molecule has 0 heterocycles. The summed E-state index contributed by atoms with van der Waals surface area (Å²) in [5.41, 5.74) is 2.33. The fourth-order valence-electron chi connectivity index (χ4n) is 2.30. The van der Waals surface area contributed by atoms with Gasteiger partial charge in [-0.2, -0.15) is 0 Å². The number of rotatable bonds is 5. The summed E-state index contributed by atoms with van der Waals surface area (Å²) in [6.45, 7) is 3.77. The summed E-state index contributed by atoms with van der Waals surface area (Å²) in [5, 5.41) is 3.02. The van der Waals surface area contributed by atoms with Crippen molar-refractivity contribution >= 4 is 11.6 Å². The summed E-state index contributed by atoms with van der Waals surface area (Å²) in [5.74, 6) is -0.713. The zero-order valence-electron chi connectivity index (χ0n) is 13.4. The maximum atomic E-state index is 13.1. The van der Waals surface area contributed by atoms with Gasteiger partial charge in [0.15, 0.2) is 0 Å². The van der Waals surface area contributed by atoms with Crippen molar-refractivity contribution in [1.29, 1.82) is 0 Å². The first-order valence-electron chi connectivity index (χ1n) is 7.39. The summed E-state index contributed by atoms with van der Waals surface area (Å²) < 4.78 is 26.0. The van der Waals surface area contributed by atoms with Crippen LogP contribution in [0, 0.1) is 18.6 Å². The van der Waals surface area contributed by atoms with Crippen molar-refractivity contribution in [2.45, 2.75) is 19.9 Å². The van der Waals surface area contributed by atoms with Crippen molar-refractivity contribution in [1.82, 2.24) is 4.90 Å². The van der Waals surface area contributed by atoms with Crippen molar-refractivity contribution in [2.24, 2.45) is 0 Å². The van der Waals surface area contributed by atoms with Crippen molar-refractivity contribution < 1.29 is 13.6 Å². The highest BCUT2D eigenvalue weighted by Gasteiger charge is 2.17. The van der Waals surface area contributed by atoms with E-state index in [9.17, 15) is 13.6 Å². The first-order valence-corrected chi connectivity index (χ1v) is 7.39. The van der Waals surface area contributed by atoms with Gasteiger partial charge < -0.3 is 10.2 Å². The van der Waals surface area contributed by atoms with Crippen molar-refractivity contribution in [3.8, 4) is 0 Å². The van der Waals surface area contributed by atoms with Gasteiger partial charge in [0.05, 0.1) is 12.6 Å². The molecule has 0 aliphatic rings. The van der Waals surface area contributed by atoms with E-state index in [0.29, 0.717) is 0 Å². The van der Waals surface area contributed by atoms with Crippen molar-refractivity contribution in [3.05, 3.63) is 65.2 Å². The normalized spacial score (nSPS) is 11.9. The van der Waals surface area contributed by atoms with Crippen LogP contribution in [0.25, 0.3) is 0 Å². The minimum Gasteiger partial charge on any atom is -0.376 e. The number of hydrogen-bond acceptors (Lipinski definition) is 2. The number of carbonyl (C=O) groups is 1. The van der Waals surface area contributed by atoms with Gasteiger partial charge in [-0.05, 0) is 55.3 Å². The second kappa shape index (κ2) is 7.22. The number of likely N-dealkylation sites (N-methyl/N-ethyl adjacent to an activating group) is 1.